The highest BCUT2D eigenvalue weighted by Crippen LogP contribution is 2.30. The van der Waals surface area contributed by atoms with Crippen molar-refractivity contribution in [2.24, 2.45) is 0 Å². The third-order valence-electron chi connectivity index (χ3n) is 5.11. The molecular weight excluding hydrogens is 456 g/mol. The van der Waals surface area contributed by atoms with Gasteiger partial charge in [0.2, 0.25) is 15.9 Å². The van der Waals surface area contributed by atoms with Crippen molar-refractivity contribution in [3.05, 3.63) is 70.5 Å². The molecule has 3 aromatic rings. The second-order valence-electron chi connectivity index (χ2n) is 7.26. The zero-order chi connectivity index (χ0) is 23.0. The molecule has 0 fully saturated rings. The summed E-state index contributed by atoms with van der Waals surface area (Å²) >= 11 is 5.94. The molecule has 1 aromatic heterocycles. The number of anilines is 1. The highest BCUT2D eigenvalue weighted by Gasteiger charge is 2.34. The predicted octanol–water partition coefficient (Wildman–Crippen LogP) is 2.93. The first-order chi connectivity index (χ1) is 15.2. The Morgan fingerprint density at radius 3 is 2.34 bits per heavy atom. The van der Waals surface area contributed by atoms with Crippen LogP contribution in [0.4, 0.5) is 5.69 Å². The van der Waals surface area contributed by atoms with Crippen molar-refractivity contribution in [2.45, 2.75) is 24.8 Å². The SMILES string of the molecule is CC(=O)Nc1ccc(S(=O)(=O)N2CCc3c(c(C(=O)O)nn3-c3ccc(Cl)cc3)C2)cc1. The van der Waals surface area contributed by atoms with Gasteiger partial charge in [-0.3, -0.25) is 4.79 Å². The van der Waals surface area contributed by atoms with E-state index < -0.39 is 16.0 Å². The molecule has 0 atom stereocenters. The molecule has 0 unspecified atom stereocenters. The van der Waals surface area contributed by atoms with Crippen LogP contribution in [-0.4, -0.2) is 46.0 Å². The smallest absolute Gasteiger partial charge is 0.356 e. The number of aromatic carboxylic acids is 1. The van der Waals surface area contributed by atoms with Crippen LogP contribution in [0, 0.1) is 0 Å². The molecule has 166 valence electrons. The first kappa shape index (κ1) is 22.0. The maximum absolute atomic E-state index is 13.2. The number of rotatable bonds is 5. The van der Waals surface area contributed by atoms with E-state index in [-0.39, 0.29) is 29.6 Å². The van der Waals surface area contributed by atoms with Gasteiger partial charge in [0.1, 0.15) is 0 Å². The molecule has 2 heterocycles. The molecule has 4 rings (SSSR count). The summed E-state index contributed by atoms with van der Waals surface area (Å²) in [7, 11) is -3.88. The number of hydrogen-bond acceptors (Lipinski definition) is 5. The Hall–Kier alpha value is -3.21. The van der Waals surface area contributed by atoms with Crippen molar-refractivity contribution >= 4 is 39.2 Å². The van der Waals surface area contributed by atoms with Crippen LogP contribution in [0.1, 0.15) is 28.7 Å². The van der Waals surface area contributed by atoms with E-state index in [2.05, 4.69) is 10.4 Å². The van der Waals surface area contributed by atoms with Crippen molar-refractivity contribution < 1.29 is 23.1 Å². The summed E-state index contributed by atoms with van der Waals surface area (Å²) in [5, 5.41) is 17.0. The van der Waals surface area contributed by atoms with Crippen molar-refractivity contribution in [1.82, 2.24) is 14.1 Å². The van der Waals surface area contributed by atoms with Gasteiger partial charge in [0, 0.05) is 42.7 Å². The largest absolute Gasteiger partial charge is 0.476 e. The Bertz CT molecular complexity index is 1300. The van der Waals surface area contributed by atoms with Gasteiger partial charge in [-0.25, -0.2) is 17.9 Å². The van der Waals surface area contributed by atoms with Crippen molar-refractivity contribution in [3.8, 4) is 5.69 Å². The topological polar surface area (TPSA) is 122 Å². The number of benzene rings is 2. The highest BCUT2D eigenvalue weighted by molar-refractivity contribution is 7.89. The Kier molecular flexibility index (Phi) is 5.76. The van der Waals surface area contributed by atoms with Crippen LogP contribution in [-0.2, 0) is 27.8 Å². The molecule has 9 nitrogen and oxygen atoms in total. The van der Waals surface area contributed by atoms with E-state index in [1.807, 2.05) is 0 Å². The maximum atomic E-state index is 13.2. The molecule has 2 aromatic carbocycles. The van der Waals surface area contributed by atoms with E-state index in [1.165, 1.54) is 40.2 Å². The van der Waals surface area contributed by atoms with Gasteiger partial charge in [0.15, 0.2) is 5.69 Å². The number of aromatic nitrogens is 2. The number of fused-ring (bicyclic) bond motifs is 1. The summed E-state index contributed by atoms with van der Waals surface area (Å²) in [5.74, 6) is -1.49. The minimum Gasteiger partial charge on any atom is -0.476 e. The lowest BCUT2D eigenvalue weighted by Gasteiger charge is -2.27. The van der Waals surface area contributed by atoms with Crippen LogP contribution in [0.2, 0.25) is 5.02 Å². The predicted molar refractivity (Wildman–Crippen MR) is 118 cm³/mol. The Morgan fingerprint density at radius 1 is 1.09 bits per heavy atom. The van der Waals surface area contributed by atoms with E-state index in [1.54, 1.807) is 24.3 Å². The normalized spacial score (nSPS) is 14.1. The zero-order valence-electron chi connectivity index (χ0n) is 16.9. The molecule has 0 radical (unpaired) electrons. The summed E-state index contributed by atoms with van der Waals surface area (Å²) in [4.78, 5) is 23.0. The van der Waals surface area contributed by atoms with E-state index in [4.69, 9.17) is 11.6 Å². The maximum Gasteiger partial charge on any atom is 0.356 e. The van der Waals surface area contributed by atoms with Gasteiger partial charge in [0.05, 0.1) is 16.3 Å². The first-order valence-corrected chi connectivity index (χ1v) is 11.5. The Labute approximate surface area is 189 Å². The second kappa shape index (κ2) is 8.38. The molecule has 0 saturated carbocycles. The van der Waals surface area contributed by atoms with Crippen molar-refractivity contribution in [1.29, 1.82) is 0 Å². The van der Waals surface area contributed by atoms with Crippen LogP contribution in [0.25, 0.3) is 5.69 Å². The number of carboxylic acid groups (broad SMARTS) is 1. The Balaban J connectivity index is 1.67. The molecule has 32 heavy (non-hydrogen) atoms. The number of sulfonamides is 1. The first-order valence-electron chi connectivity index (χ1n) is 9.64. The quantitative estimate of drug-likeness (QED) is 0.586. The molecule has 0 saturated heterocycles. The lowest BCUT2D eigenvalue weighted by molar-refractivity contribution is -0.114. The molecule has 1 aliphatic heterocycles. The molecule has 0 bridgehead atoms. The average Bonchev–Trinajstić information content (AvgIpc) is 3.13. The number of hydrogen-bond donors (Lipinski definition) is 2. The Morgan fingerprint density at radius 2 is 1.75 bits per heavy atom. The minimum atomic E-state index is -3.88. The van der Waals surface area contributed by atoms with Gasteiger partial charge in [-0.05, 0) is 48.5 Å². The summed E-state index contributed by atoms with van der Waals surface area (Å²) < 4.78 is 29.1. The number of carbonyl (C=O) groups excluding carboxylic acids is 1. The summed E-state index contributed by atoms with van der Waals surface area (Å²) in [6, 6.07) is 12.6. The molecule has 1 amide bonds. The van der Waals surface area contributed by atoms with E-state index >= 15 is 0 Å². The minimum absolute atomic E-state index is 0.0528. The monoisotopic (exact) mass is 474 g/mol. The molecular formula is C21H19ClN4O5S. The average molecular weight is 475 g/mol. The van der Waals surface area contributed by atoms with Crippen molar-refractivity contribution in [3.63, 3.8) is 0 Å². The number of halogens is 1. The number of carbonyl (C=O) groups is 2. The fourth-order valence-corrected chi connectivity index (χ4v) is 5.16. The number of nitrogens with zero attached hydrogens (tertiary/aromatic N) is 3. The number of amides is 1. The lowest BCUT2D eigenvalue weighted by Crippen LogP contribution is -2.36. The zero-order valence-corrected chi connectivity index (χ0v) is 18.5. The van der Waals surface area contributed by atoms with E-state index in [9.17, 15) is 23.1 Å². The fourth-order valence-electron chi connectivity index (χ4n) is 3.63. The van der Waals surface area contributed by atoms with Gasteiger partial charge in [-0.15, -0.1) is 0 Å². The van der Waals surface area contributed by atoms with Gasteiger partial charge < -0.3 is 10.4 Å². The highest BCUT2D eigenvalue weighted by atomic mass is 35.5. The summed E-state index contributed by atoms with van der Waals surface area (Å²) in [6.07, 6.45) is 0.293. The lowest BCUT2D eigenvalue weighted by atomic mass is 10.1. The third-order valence-corrected chi connectivity index (χ3v) is 7.22. The molecule has 2 N–H and O–H groups in total. The van der Waals surface area contributed by atoms with Crippen LogP contribution < -0.4 is 5.32 Å². The number of carboxylic acids is 1. The van der Waals surface area contributed by atoms with E-state index in [0.717, 1.165) is 0 Å². The standard InChI is InChI=1S/C21H19ClN4O5S/c1-13(27)23-15-4-8-17(9-5-15)32(30,31)25-11-10-19-18(12-25)20(21(28)29)24-26(19)16-6-2-14(22)3-7-16/h2-9H,10-12H2,1H3,(H,23,27)(H,28,29). The fraction of sp³-hybridized carbons (Fsp3) is 0.190. The number of nitrogens with one attached hydrogen (secondary N) is 1. The second-order valence-corrected chi connectivity index (χ2v) is 9.64. The van der Waals surface area contributed by atoms with Gasteiger partial charge in [-0.1, -0.05) is 11.6 Å². The van der Waals surface area contributed by atoms with Crippen LogP contribution in [0.3, 0.4) is 0 Å². The summed E-state index contributed by atoms with van der Waals surface area (Å²) in [6.45, 7) is 1.42. The molecule has 0 spiro atoms. The van der Waals surface area contributed by atoms with Crippen LogP contribution >= 0.6 is 11.6 Å². The van der Waals surface area contributed by atoms with E-state index in [0.29, 0.717) is 34.1 Å². The van der Waals surface area contributed by atoms with Gasteiger partial charge in [-0.2, -0.15) is 9.40 Å². The van der Waals surface area contributed by atoms with Gasteiger partial charge in [0.25, 0.3) is 0 Å². The van der Waals surface area contributed by atoms with Crippen LogP contribution in [0.5, 0.6) is 0 Å². The third kappa shape index (κ3) is 4.12. The van der Waals surface area contributed by atoms with Gasteiger partial charge >= 0.3 is 5.97 Å². The summed E-state index contributed by atoms with van der Waals surface area (Å²) in [5.41, 5.74) is 1.95. The van der Waals surface area contributed by atoms with Crippen molar-refractivity contribution in [2.75, 3.05) is 11.9 Å². The molecule has 0 aliphatic carbocycles. The molecule has 11 heteroatoms. The van der Waals surface area contributed by atoms with Crippen LogP contribution in [0.15, 0.2) is 53.4 Å². The molecule has 1 aliphatic rings.